The zero-order chi connectivity index (χ0) is 20.1. The second-order valence-electron chi connectivity index (χ2n) is 7.25. The fourth-order valence-electron chi connectivity index (χ4n) is 2.96. The van der Waals surface area contributed by atoms with Gasteiger partial charge >= 0.3 is 0 Å². The van der Waals surface area contributed by atoms with Crippen LogP contribution in [0.3, 0.4) is 0 Å². The molecule has 144 valence electrons. The highest BCUT2D eigenvalue weighted by Crippen LogP contribution is 2.32. The van der Waals surface area contributed by atoms with Crippen LogP contribution in [0.5, 0.6) is 5.75 Å². The molecular formula is C23H25N3O2. The molecule has 2 aromatic carbocycles. The minimum absolute atomic E-state index is 0.0959. The van der Waals surface area contributed by atoms with Gasteiger partial charge in [-0.1, -0.05) is 55.8 Å². The van der Waals surface area contributed by atoms with Gasteiger partial charge in [-0.25, -0.2) is 9.97 Å². The van der Waals surface area contributed by atoms with Crippen LogP contribution in [-0.4, -0.2) is 22.9 Å². The summed E-state index contributed by atoms with van der Waals surface area (Å²) in [7, 11) is 1.55. The molecule has 1 amide bonds. The highest BCUT2D eigenvalue weighted by Gasteiger charge is 2.22. The smallest absolute Gasteiger partial charge is 0.288 e. The number of ether oxygens (including phenoxy) is 1. The molecule has 0 fully saturated rings. The predicted molar refractivity (Wildman–Crippen MR) is 110 cm³/mol. The van der Waals surface area contributed by atoms with Crippen LogP contribution in [0.1, 0.15) is 46.9 Å². The molecule has 5 heteroatoms. The number of nitrogens with zero attached hydrogens (tertiary/aromatic N) is 2. The number of aryl methyl sites for hydroxylation is 1. The molecule has 0 saturated carbocycles. The number of amides is 1. The van der Waals surface area contributed by atoms with Crippen molar-refractivity contribution in [3.63, 3.8) is 0 Å². The normalized spacial score (nSPS) is 11.1. The van der Waals surface area contributed by atoms with Gasteiger partial charge in [0.25, 0.3) is 5.91 Å². The average Bonchev–Trinajstić information content (AvgIpc) is 2.72. The van der Waals surface area contributed by atoms with Crippen molar-refractivity contribution in [2.45, 2.75) is 32.8 Å². The van der Waals surface area contributed by atoms with Gasteiger partial charge in [0.05, 0.1) is 5.69 Å². The van der Waals surface area contributed by atoms with Crippen LogP contribution in [0, 0.1) is 6.92 Å². The summed E-state index contributed by atoms with van der Waals surface area (Å²) in [5.74, 6) is 0.576. The molecule has 1 aromatic heterocycles. The Hall–Kier alpha value is -3.21. The summed E-state index contributed by atoms with van der Waals surface area (Å²) in [5.41, 5.74) is 4.30. The van der Waals surface area contributed by atoms with Crippen molar-refractivity contribution in [1.29, 1.82) is 0 Å². The maximum absolute atomic E-state index is 11.6. The third kappa shape index (κ3) is 4.36. The summed E-state index contributed by atoms with van der Waals surface area (Å²) in [6, 6.07) is 18.5. The van der Waals surface area contributed by atoms with Crippen LogP contribution >= 0.6 is 0 Å². The average molecular weight is 375 g/mol. The molecule has 0 unspecified atom stereocenters. The van der Waals surface area contributed by atoms with Crippen LogP contribution in [0.25, 0.3) is 0 Å². The Kier molecular flexibility index (Phi) is 5.73. The van der Waals surface area contributed by atoms with Gasteiger partial charge in [0.15, 0.2) is 0 Å². The summed E-state index contributed by atoms with van der Waals surface area (Å²) >= 11 is 0. The van der Waals surface area contributed by atoms with E-state index in [0.717, 1.165) is 5.75 Å². The molecular weight excluding hydrogens is 350 g/mol. The topological polar surface area (TPSA) is 64.1 Å². The number of hydrogen-bond donors (Lipinski definition) is 1. The Labute approximate surface area is 165 Å². The third-order valence-corrected chi connectivity index (χ3v) is 4.88. The summed E-state index contributed by atoms with van der Waals surface area (Å²) in [4.78, 5) is 19.8. The van der Waals surface area contributed by atoms with Crippen LogP contribution in [0.15, 0.2) is 60.8 Å². The maximum atomic E-state index is 11.6. The van der Waals surface area contributed by atoms with Gasteiger partial charge in [0.1, 0.15) is 12.4 Å². The first-order chi connectivity index (χ1) is 13.4. The van der Waals surface area contributed by atoms with Gasteiger partial charge in [-0.2, -0.15) is 0 Å². The molecule has 0 spiro atoms. The lowest BCUT2D eigenvalue weighted by Crippen LogP contribution is -2.21. The molecule has 0 aliphatic heterocycles. The molecule has 0 radical (unpaired) electrons. The van der Waals surface area contributed by atoms with Crippen LogP contribution < -0.4 is 10.1 Å². The Morgan fingerprint density at radius 1 is 1.00 bits per heavy atom. The van der Waals surface area contributed by atoms with Crippen molar-refractivity contribution in [3.8, 4) is 5.75 Å². The Morgan fingerprint density at radius 3 is 2.21 bits per heavy atom. The Morgan fingerprint density at radius 2 is 1.61 bits per heavy atom. The third-order valence-electron chi connectivity index (χ3n) is 4.88. The summed E-state index contributed by atoms with van der Waals surface area (Å²) in [5, 5.41) is 2.51. The SMILES string of the molecule is CNC(=O)c1nccc(COc2ccc(C(C)(C)c3ccc(C)cc3)cc2)n1. The summed E-state index contributed by atoms with van der Waals surface area (Å²) < 4.78 is 5.83. The monoisotopic (exact) mass is 375 g/mol. The van der Waals surface area contributed by atoms with Crippen LogP contribution in [0.4, 0.5) is 0 Å². The number of nitrogens with one attached hydrogen (secondary N) is 1. The number of rotatable bonds is 6. The summed E-state index contributed by atoms with van der Waals surface area (Å²) in [6.45, 7) is 6.80. The molecule has 1 heterocycles. The number of carbonyl (C=O) groups excluding carboxylic acids is 1. The lowest BCUT2D eigenvalue weighted by Gasteiger charge is -2.26. The van der Waals surface area contributed by atoms with E-state index in [1.165, 1.54) is 16.7 Å². The Bertz CT molecular complexity index is 948. The molecule has 0 aliphatic rings. The number of benzene rings is 2. The lowest BCUT2D eigenvalue weighted by molar-refractivity contribution is 0.0952. The van der Waals surface area contributed by atoms with Gasteiger partial charge in [-0.05, 0) is 36.2 Å². The molecule has 5 nitrogen and oxygen atoms in total. The highest BCUT2D eigenvalue weighted by molar-refractivity contribution is 5.90. The van der Waals surface area contributed by atoms with Gasteiger partial charge < -0.3 is 10.1 Å². The second kappa shape index (κ2) is 8.21. The van der Waals surface area contributed by atoms with E-state index in [9.17, 15) is 4.79 Å². The van der Waals surface area contributed by atoms with Crippen molar-refractivity contribution >= 4 is 5.91 Å². The predicted octanol–water partition coefficient (Wildman–Crippen LogP) is 4.05. The fourth-order valence-corrected chi connectivity index (χ4v) is 2.96. The first-order valence-electron chi connectivity index (χ1n) is 9.24. The minimum Gasteiger partial charge on any atom is -0.487 e. The largest absolute Gasteiger partial charge is 0.487 e. The van der Waals surface area contributed by atoms with E-state index in [2.05, 4.69) is 72.5 Å². The van der Waals surface area contributed by atoms with Crippen molar-refractivity contribution in [2.75, 3.05) is 7.05 Å². The zero-order valence-corrected chi connectivity index (χ0v) is 16.7. The zero-order valence-electron chi connectivity index (χ0n) is 16.7. The molecule has 3 aromatic rings. The maximum Gasteiger partial charge on any atom is 0.288 e. The molecule has 1 N–H and O–H groups in total. The molecule has 0 aliphatic carbocycles. The van der Waals surface area contributed by atoms with Gasteiger partial charge in [0.2, 0.25) is 5.82 Å². The quantitative estimate of drug-likeness (QED) is 0.706. The van der Waals surface area contributed by atoms with Gasteiger partial charge in [-0.3, -0.25) is 4.79 Å². The molecule has 0 saturated heterocycles. The minimum atomic E-state index is -0.315. The van der Waals surface area contributed by atoms with Crippen molar-refractivity contribution in [2.24, 2.45) is 0 Å². The molecule has 0 bridgehead atoms. The molecule has 0 atom stereocenters. The van der Waals surface area contributed by atoms with E-state index < -0.39 is 0 Å². The van der Waals surface area contributed by atoms with E-state index in [4.69, 9.17) is 4.74 Å². The van der Waals surface area contributed by atoms with Crippen molar-refractivity contribution in [1.82, 2.24) is 15.3 Å². The van der Waals surface area contributed by atoms with Gasteiger partial charge in [0, 0.05) is 18.7 Å². The molecule has 3 rings (SSSR count). The molecule has 28 heavy (non-hydrogen) atoms. The highest BCUT2D eigenvalue weighted by atomic mass is 16.5. The lowest BCUT2D eigenvalue weighted by atomic mass is 9.78. The fraction of sp³-hybridized carbons (Fsp3) is 0.261. The van der Waals surface area contributed by atoms with Crippen molar-refractivity contribution in [3.05, 3.63) is 89.0 Å². The first kappa shape index (κ1) is 19.5. The standard InChI is InChI=1S/C23H25N3O2/c1-16-5-7-17(8-6-16)23(2,3)18-9-11-20(12-10-18)28-15-19-13-14-25-21(26-19)22(27)24-4/h5-14H,15H2,1-4H3,(H,24,27). The van der Waals surface area contributed by atoms with Crippen molar-refractivity contribution < 1.29 is 9.53 Å². The number of aromatic nitrogens is 2. The van der Waals surface area contributed by atoms with E-state index in [1.807, 2.05) is 12.1 Å². The number of carbonyl (C=O) groups is 1. The van der Waals surface area contributed by atoms with E-state index in [0.29, 0.717) is 5.69 Å². The summed E-state index contributed by atoms with van der Waals surface area (Å²) in [6.07, 6.45) is 1.56. The van der Waals surface area contributed by atoms with E-state index in [1.54, 1.807) is 19.3 Å². The second-order valence-corrected chi connectivity index (χ2v) is 7.25. The first-order valence-corrected chi connectivity index (χ1v) is 9.24. The van der Waals surface area contributed by atoms with Gasteiger partial charge in [-0.15, -0.1) is 0 Å². The van der Waals surface area contributed by atoms with Crippen LogP contribution in [-0.2, 0) is 12.0 Å². The van der Waals surface area contributed by atoms with E-state index in [-0.39, 0.29) is 23.8 Å². The number of hydrogen-bond acceptors (Lipinski definition) is 4. The Balaban J connectivity index is 1.69. The van der Waals surface area contributed by atoms with Crippen LogP contribution in [0.2, 0.25) is 0 Å². The van der Waals surface area contributed by atoms with E-state index >= 15 is 0 Å².